The summed E-state index contributed by atoms with van der Waals surface area (Å²) in [6.45, 7) is 5.60. The van der Waals surface area contributed by atoms with Crippen LogP contribution in [-0.4, -0.2) is 52.8 Å². The molecule has 32 heavy (non-hydrogen) atoms. The highest BCUT2D eigenvalue weighted by molar-refractivity contribution is 5.93. The summed E-state index contributed by atoms with van der Waals surface area (Å²) < 4.78 is 0. The largest absolute Gasteiger partial charge is 0.337 e. The average molecular weight is 426 g/mol. The molecule has 1 fully saturated rings. The van der Waals surface area contributed by atoms with Crippen molar-refractivity contribution < 1.29 is 9.59 Å². The van der Waals surface area contributed by atoms with Crippen LogP contribution >= 0.6 is 0 Å². The lowest BCUT2D eigenvalue weighted by molar-refractivity contribution is -0.134. The fourth-order valence-electron chi connectivity index (χ4n) is 4.23. The molecular formula is C27H27N3O2. The van der Waals surface area contributed by atoms with Gasteiger partial charge < -0.3 is 9.80 Å². The number of hydrogen-bond donors (Lipinski definition) is 0. The highest BCUT2D eigenvalue weighted by atomic mass is 16.2. The molecule has 5 heteroatoms. The molecule has 2 aromatic carbocycles. The van der Waals surface area contributed by atoms with E-state index in [0.717, 1.165) is 16.7 Å². The molecule has 5 nitrogen and oxygen atoms in total. The summed E-state index contributed by atoms with van der Waals surface area (Å²) in [6.07, 6.45) is 3.92. The van der Waals surface area contributed by atoms with E-state index in [-0.39, 0.29) is 17.7 Å². The van der Waals surface area contributed by atoms with Crippen LogP contribution in [0.1, 0.15) is 16.1 Å². The van der Waals surface area contributed by atoms with Gasteiger partial charge in [0.1, 0.15) is 5.69 Å². The van der Waals surface area contributed by atoms with Crippen molar-refractivity contribution in [1.29, 1.82) is 0 Å². The van der Waals surface area contributed by atoms with Crippen LogP contribution in [0.25, 0.3) is 11.1 Å². The minimum Gasteiger partial charge on any atom is -0.337 e. The van der Waals surface area contributed by atoms with Gasteiger partial charge in [-0.1, -0.05) is 66.7 Å². The summed E-state index contributed by atoms with van der Waals surface area (Å²) in [5, 5.41) is 0. The number of pyridine rings is 1. The number of amides is 2. The number of rotatable bonds is 6. The van der Waals surface area contributed by atoms with Crippen molar-refractivity contribution in [1.82, 2.24) is 14.8 Å². The van der Waals surface area contributed by atoms with Crippen LogP contribution in [0.15, 0.2) is 91.6 Å². The lowest BCUT2D eigenvalue weighted by Crippen LogP contribution is -2.38. The third-order valence-corrected chi connectivity index (χ3v) is 5.83. The number of benzene rings is 2. The Bertz CT molecular complexity index is 1080. The zero-order chi connectivity index (χ0) is 22.3. The molecule has 1 saturated heterocycles. The van der Waals surface area contributed by atoms with E-state index in [1.165, 1.54) is 0 Å². The fraction of sp³-hybridized carbons (Fsp3) is 0.222. The van der Waals surface area contributed by atoms with E-state index in [1.807, 2.05) is 30.3 Å². The standard InChI is InChI=1S/C27H27N3O2/c1-2-16-29-17-18-30(27(32)25-14-8-9-15-28-25)20-23(26(29)31)19-22-12-6-7-13-24(22)21-10-4-3-5-11-21/h2-15,23H,1,16-20H2. The lowest BCUT2D eigenvalue weighted by atomic mass is 9.91. The summed E-state index contributed by atoms with van der Waals surface area (Å²) in [5.41, 5.74) is 3.74. The number of carbonyl (C=O) groups is 2. The Morgan fingerprint density at radius 1 is 1.00 bits per heavy atom. The van der Waals surface area contributed by atoms with E-state index in [0.29, 0.717) is 38.3 Å². The first-order valence-corrected chi connectivity index (χ1v) is 10.9. The quantitative estimate of drug-likeness (QED) is 0.559. The van der Waals surface area contributed by atoms with Gasteiger partial charge in [-0.3, -0.25) is 14.6 Å². The molecule has 1 aliphatic rings. The normalized spacial score (nSPS) is 16.5. The molecule has 2 amide bonds. The zero-order valence-electron chi connectivity index (χ0n) is 18.1. The smallest absolute Gasteiger partial charge is 0.272 e. The maximum atomic E-state index is 13.4. The molecule has 1 aliphatic heterocycles. The maximum absolute atomic E-state index is 13.4. The van der Waals surface area contributed by atoms with Crippen molar-refractivity contribution in [2.24, 2.45) is 5.92 Å². The van der Waals surface area contributed by atoms with Crippen LogP contribution in [-0.2, 0) is 11.2 Å². The van der Waals surface area contributed by atoms with E-state index < -0.39 is 0 Å². The maximum Gasteiger partial charge on any atom is 0.272 e. The van der Waals surface area contributed by atoms with Gasteiger partial charge in [0, 0.05) is 32.4 Å². The molecule has 0 saturated carbocycles. The molecule has 0 N–H and O–H groups in total. The molecule has 0 spiro atoms. The van der Waals surface area contributed by atoms with Gasteiger partial charge in [0.05, 0.1) is 5.92 Å². The summed E-state index contributed by atoms with van der Waals surface area (Å²) in [4.78, 5) is 34.3. The summed E-state index contributed by atoms with van der Waals surface area (Å²) in [5.74, 6) is -0.417. The minimum atomic E-state index is -0.338. The number of aromatic nitrogens is 1. The van der Waals surface area contributed by atoms with Crippen molar-refractivity contribution in [3.05, 3.63) is 103 Å². The van der Waals surface area contributed by atoms with Crippen LogP contribution in [0.3, 0.4) is 0 Å². The van der Waals surface area contributed by atoms with Crippen molar-refractivity contribution in [2.45, 2.75) is 6.42 Å². The van der Waals surface area contributed by atoms with E-state index in [2.05, 4.69) is 35.8 Å². The van der Waals surface area contributed by atoms with Gasteiger partial charge >= 0.3 is 0 Å². The molecule has 3 aromatic rings. The van der Waals surface area contributed by atoms with E-state index in [9.17, 15) is 9.59 Å². The molecule has 1 unspecified atom stereocenters. The first-order chi connectivity index (χ1) is 15.7. The summed E-state index contributed by atoms with van der Waals surface area (Å²) >= 11 is 0. The number of nitrogens with zero attached hydrogens (tertiary/aromatic N) is 3. The second kappa shape index (κ2) is 10.1. The SMILES string of the molecule is C=CCN1CCN(C(=O)c2ccccn2)CC(Cc2ccccc2-c2ccccc2)C1=O. The second-order valence-corrected chi connectivity index (χ2v) is 7.96. The van der Waals surface area contributed by atoms with Crippen LogP contribution in [0.4, 0.5) is 0 Å². The third kappa shape index (κ3) is 4.78. The van der Waals surface area contributed by atoms with Crippen molar-refractivity contribution >= 4 is 11.8 Å². The monoisotopic (exact) mass is 425 g/mol. The van der Waals surface area contributed by atoms with Crippen LogP contribution in [0, 0.1) is 5.92 Å². The topological polar surface area (TPSA) is 53.5 Å². The van der Waals surface area contributed by atoms with E-state index in [4.69, 9.17) is 0 Å². The lowest BCUT2D eigenvalue weighted by Gasteiger charge is -2.24. The minimum absolute atomic E-state index is 0.0593. The Balaban J connectivity index is 1.64. The summed E-state index contributed by atoms with van der Waals surface area (Å²) in [7, 11) is 0. The van der Waals surface area contributed by atoms with Gasteiger partial charge in [0.25, 0.3) is 5.91 Å². The van der Waals surface area contributed by atoms with Gasteiger partial charge in [-0.15, -0.1) is 6.58 Å². The fourth-order valence-corrected chi connectivity index (χ4v) is 4.23. The van der Waals surface area contributed by atoms with Gasteiger partial charge in [-0.05, 0) is 35.2 Å². The Hall–Kier alpha value is -3.73. The summed E-state index contributed by atoms with van der Waals surface area (Å²) in [6, 6.07) is 23.7. The molecule has 162 valence electrons. The number of hydrogen-bond acceptors (Lipinski definition) is 3. The molecule has 1 aromatic heterocycles. The van der Waals surface area contributed by atoms with Crippen LogP contribution in [0.5, 0.6) is 0 Å². The van der Waals surface area contributed by atoms with Crippen molar-refractivity contribution in [3.63, 3.8) is 0 Å². The van der Waals surface area contributed by atoms with E-state index in [1.54, 1.807) is 40.3 Å². The molecule has 4 rings (SSSR count). The first-order valence-electron chi connectivity index (χ1n) is 10.9. The zero-order valence-corrected chi connectivity index (χ0v) is 18.1. The van der Waals surface area contributed by atoms with Crippen LogP contribution < -0.4 is 0 Å². The molecule has 0 radical (unpaired) electrons. The van der Waals surface area contributed by atoms with Gasteiger partial charge in [-0.25, -0.2) is 0 Å². The van der Waals surface area contributed by atoms with Gasteiger partial charge in [-0.2, -0.15) is 0 Å². The van der Waals surface area contributed by atoms with E-state index >= 15 is 0 Å². The van der Waals surface area contributed by atoms with Crippen molar-refractivity contribution in [3.8, 4) is 11.1 Å². The molecule has 2 heterocycles. The first kappa shape index (κ1) is 21.5. The Labute approximate surface area is 189 Å². The molecule has 1 atom stereocenters. The second-order valence-electron chi connectivity index (χ2n) is 7.96. The van der Waals surface area contributed by atoms with Gasteiger partial charge in [0.15, 0.2) is 0 Å². The third-order valence-electron chi connectivity index (χ3n) is 5.83. The Morgan fingerprint density at radius 3 is 2.50 bits per heavy atom. The van der Waals surface area contributed by atoms with Crippen LogP contribution in [0.2, 0.25) is 0 Å². The number of carbonyl (C=O) groups excluding carboxylic acids is 2. The van der Waals surface area contributed by atoms with Gasteiger partial charge in [0.2, 0.25) is 5.91 Å². The molecule has 0 aliphatic carbocycles. The average Bonchev–Trinajstić information content (AvgIpc) is 3.00. The van der Waals surface area contributed by atoms with Crippen molar-refractivity contribution in [2.75, 3.05) is 26.2 Å². The highest BCUT2D eigenvalue weighted by Gasteiger charge is 2.33. The predicted octanol–water partition coefficient (Wildman–Crippen LogP) is 4.08. The Kier molecular flexibility index (Phi) is 6.75. The highest BCUT2D eigenvalue weighted by Crippen LogP contribution is 2.27. The predicted molar refractivity (Wildman–Crippen MR) is 126 cm³/mol. The molecule has 0 bridgehead atoms. The Morgan fingerprint density at radius 2 is 1.75 bits per heavy atom. The molecular weight excluding hydrogens is 398 g/mol.